The normalized spacial score (nSPS) is 25.8. The number of rotatable bonds is 2. The van der Waals surface area contributed by atoms with Gasteiger partial charge in [-0.1, -0.05) is 18.2 Å². The molecule has 1 aromatic carbocycles. The van der Waals surface area contributed by atoms with Gasteiger partial charge in [-0.3, -0.25) is 4.79 Å². The predicted octanol–water partition coefficient (Wildman–Crippen LogP) is 1.15. The molecule has 1 atom stereocenters. The zero-order valence-electron chi connectivity index (χ0n) is 10.4. The lowest BCUT2D eigenvalue weighted by molar-refractivity contribution is -0.128. The third-order valence-corrected chi connectivity index (χ3v) is 3.27. The first-order valence-electron chi connectivity index (χ1n) is 5.69. The molecule has 1 heterocycles. The maximum Gasteiger partial charge on any atom is 0.242 e. The van der Waals surface area contributed by atoms with Crippen molar-refractivity contribution in [2.24, 2.45) is 5.73 Å². The molecule has 2 rings (SSSR count). The molecule has 1 unspecified atom stereocenters. The Kier molecular flexibility index (Phi) is 2.62. The van der Waals surface area contributed by atoms with E-state index in [1.165, 1.54) is 0 Å². The standard InChI is InChI=1S/C13H18N2O2/c1-12(2)8-13(15-3,11(14)16)9-6-4-5-7-10(9)17-12/h4-7,15H,8H2,1-3H3,(H2,14,16). The number of nitrogens with one attached hydrogen (secondary N) is 1. The Morgan fingerprint density at radius 1 is 1.41 bits per heavy atom. The van der Waals surface area contributed by atoms with Crippen LogP contribution in [0.2, 0.25) is 0 Å². The van der Waals surface area contributed by atoms with Crippen LogP contribution in [0.4, 0.5) is 0 Å². The second-order valence-electron chi connectivity index (χ2n) is 5.05. The lowest BCUT2D eigenvalue weighted by Gasteiger charge is -2.44. The quantitative estimate of drug-likeness (QED) is 0.806. The summed E-state index contributed by atoms with van der Waals surface area (Å²) < 4.78 is 5.88. The predicted molar refractivity (Wildman–Crippen MR) is 65.7 cm³/mol. The molecule has 4 nitrogen and oxygen atoms in total. The van der Waals surface area contributed by atoms with E-state index in [9.17, 15) is 4.79 Å². The molecule has 0 saturated heterocycles. The van der Waals surface area contributed by atoms with Crippen LogP contribution in [-0.2, 0) is 10.3 Å². The van der Waals surface area contributed by atoms with Crippen molar-refractivity contribution in [2.75, 3.05) is 7.05 Å². The van der Waals surface area contributed by atoms with E-state index in [0.29, 0.717) is 6.42 Å². The van der Waals surface area contributed by atoms with E-state index in [-0.39, 0.29) is 5.91 Å². The minimum atomic E-state index is -0.849. The first-order valence-corrected chi connectivity index (χ1v) is 5.69. The molecule has 4 heteroatoms. The number of fused-ring (bicyclic) bond motifs is 1. The van der Waals surface area contributed by atoms with E-state index in [1.807, 2.05) is 38.1 Å². The highest BCUT2D eigenvalue weighted by Crippen LogP contribution is 2.42. The van der Waals surface area contributed by atoms with E-state index >= 15 is 0 Å². The van der Waals surface area contributed by atoms with Gasteiger partial charge in [0.15, 0.2) is 0 Å². The minimum absolute atomic E-state index is 0.371. The molecule has 0 fully saturated rings. The van der Waals surface area contributed by atoms with Gasteiger partial charge in [0.25, 0.3) is 0 Å². The fourth-order valence-electron chi connectivity index (χ4n) is 2.54. The fraction of sp³-hybridized carbons (Fsp3) is 0.462. The van der Waals surface area contributed by atoms with Crippen molar-refractivity contribution >= 4 is 5.91 Å². The van der Waals surface area contributed by atoms with Crippen molar-refractivity contribution in [3.05, 3.63) is 29.8 Å². The van der Waals surface area contributed by atoms with Gasteiger partial charge in [0, 0.05) is 12.0 Å². The molecule has 1 aromatic rings. The van der Waals surface area contributed by atoms with Crippen molar-refractivity contribution in [1.29, 1.82) is 0 Å². The lowest BCUT2D eigenvalue weighted by atomic mass is 9.77. The Morgan fingerprint density at radius 2 is 2.06 bits per heavy atom. The summed E-state index contributed by atoms with van der Waals surface area (Å²) in [7, 11) is 1.75. The number of nitrogens with two attached hydrogens (primary N) is 1. The van der Waals surface area contributed by atoms with Crippen LogP contribution >= 0.6 is 0 Å². The molecule has 1 aliphatic rings. The number of likely N-dealkylation sites (N-methyl/N-ethyl adjacent to an activating group) is 1. The number of hydrogen-bond acceptors (Lipinski definition) is 3. The Hall–Kier alpha value is -1.55. The van der Waals surface area contributed by atoms with Crippen molar-refractivity contribution in [1.82, 2.24) is 5.32 Å². The molecule has 0 aliphatic carbocycles. The van der Waals surface area contributed by atoms with Crippen LogP contribution in [-0.4, -0.2) is 18.6 Å². The van der Waals surface area contributed by atoms with E-state index in [2.05, 4.69) is 5.32 Å². The Balaban J connectivity index is 2.64. The van der Waals surface area contributed by atoms with Crippen LogP contribution in [0.3, 0.4) is 0 Å². The number of carbonyl (C=O) groups is 1. The van der Waals surface area contributed by atoms with Gasteiger partial charge in [0.05, 0.1) is 0 Å². The molecule has 1 amide bonds. The number of hydrogen-bond donors (Lipinski definition) is 2. The number of primary amides is 1. The summed E-state index contributed by atoms with van der Waals surface area (Å²) in [5.74, 6) is 0.348. The number of amides is 1. The highest BCUT2D eigenvalue weighted by Gasteiger charge is 2.48. The van der Waals surface area contributed by atoms with Gasteiger partial charge in [0.2, 0.25) is 5.91 Å². The highest BCUT2D eigenvalue weighted by atomic mass is 16.5. The molecule has 0 radical (unpaired) electrons. The largest absolute Gasteiger partial charge is 0.487 e. The van der Waals surface area contributed by atoms with Gasteiger partial charge in [-0.05, 0) is 27.0 Å². The average molecular weight is 234 g/mol. The van der Waals surface area contributed by atoms with Gasteiger partial charge >= 0.3 is 0 Å². The van der Waals surface area contributed by atoms with Crippen LogP contribution in [0.15, 0.2) is 24.3 Å². The fourth-order valence-corrected chi connectivity index (χ4v) is 2.54. The lowest BCUT2D eigenvalue weighted by Crippen LogP contribution is -2.58. The smallest absolute Gasteiger partial charge is 0.242 e. The highest BCUT2D eigenvalue weighted by molar-refractivity contribution is 5.87. The number of benzene rings is 1. The summed E-state index contributed by atoms with van der Waals surface area (Å²) in [5.41, 5.74) is 5.13. The van der Waals surface area contributed by atoms with Crippen LogP contribution < -0.4 is 15.8 Å². The first kappa shape index (κ1) is 11.9. The van der Waals surface area contributed by atoms with Crippen LogP contribution in [0, 0.1) is 0 Å². The minimum Gasteiger partial charge on any atom is -0.487 e. The Bertz CT molecular complexity index is 456. The number of carbonyl (C=O) groups excluding carboxylic acids is 1. The van der Waals surface area contributed by atoms with Crippen LogP contribution in [0.25, 0.3) is 0 Å². The Morgan fingerprint density at radius 3 is 2.65 bits per heavy atom. The molecule has 0 spiro atoms. The van der Waals surface area contributed by atoms with Gasteiger partial charge in [0.1, 0.15) is 16.9 Å². The van der Waals surface area contributed by atoms with E-state index in [1.54, 1.807) is 7.05 Å². The van der Waals surface area contributed by atoms with E-state index in [0.717, 1.165) is 11.3 Å². The second kappa shape index (κ2) is 3.74. The third kappa shape index (κ3) is 1.78. The molecule has 92 valence electrons. The number of para-hydroxylation sites is 1. The molecular formula is C13H18N2O2. The second-order valence-corrected chi connectivity index (χ2v) is 5.05. The summed E-state index contributed by atoms with van der Waals surface area (Å²) in [5, 5.41) is 3.07. The molecule has 1 aliphatic heterocycles. The zero-order valence-corrected chi connectivity index (χ0v) is 10.4. The molecule has 0 aromatic heterocycles. The monoisotopic (exact) mass is 234 g/mol. The van der Waals surface area contributed by atoms with Gasteiger partial charge in [-0.15, -0.1) is 0 Å². The van der Waals surface area contributed by atoms with Gasteiger partial charge in [-0.2, -0.15) is 0 Å². The molecule has 3 N–H and O–H groups in total. The Labute approximate surface area is 101 Å². The summed E-state index contributed by atoms with van der Waals surface area (Å²) in [6, 6.07) is 7.52. The van der Waals surface area contributed by atoms with Crippen LogP contribution in [0.5, 0.6) is 5.75 Å². The van der Waals surface area contributed by atoms with E-state index in [4.69, 9.17) is 10.5 Å². The summed E-state index contributed by atoms with van der Waals surface area (Å²) in [6.45, 7) is 3.91. The third-order valence-electron chi connectivity index (χ3n) is 3.27. The first-order chi connectivity index (χ1) is 7.91. The van der Waals surface area contributed by atoms with Crippen LogP contribution in [0.1, 0.15) is 25.8 Å². The summed E-state index contributed by atoms with van der Waals surface area (Å²) >= 11 is 0. The molecular weight excluding hydrogens is 216 g/mol. The molecule has 17 heavy (non-hydrogen) atoms. The van der Waals surface area contributed by atoms with Gasteiger partial charge in [-0.25, -0.2) is 0 Å². The molecule has 0 bridgehead atoms. The summed E-state index contributed by atoms with van der Waals surface area (Å²) in [6.07, 6.45) is 0.517. The molecule has 0 saturated carbocycles. The maximum absolute atomic E-state index is 11.9. The summed E-state index contributed by atoms with van der Waals surface area (Å²) in [4.78, 5) is 11.9. The zero-order chi connectivity index (χ0) is 12.7. The SMILES string of the molecule is CNC1(C(N)=O)CC(C)(C)Oc2ccccc21. The topological polar surface area (TPSA) is 64.3 Å². The van der Waals surface area contributed by atoms with Crippen molar-refractivity contribution < 1.29 is 9.53 Å². The maximum atomic E-state index is 11.9. The van der Waals surface area contributed by atoms with E-state index < -0.39 is 11.1 Å². The average Bonchev–Trinajstić information content (AvgIpc) is 2.26. The van der Waals surface area contributed by atoms with Crippen molar-refractivity contribution in [3.63, 3.8) is 0 Å². The van der Waals surface area contributed by atoms with Gasteiger partial charge < -0.3 is 15.8 Å². The van der Waals surface area contributed by atoms with Crippen molar-refractivity contribution in [3.8, 4) is 5.75 Å². The number of ether oxygens (including phenoxy) is 1. The van der Waals surface area contributed by atoms with Crippen molar-refractivity contribution in [2.45, 2.75) is 31.4 Å².